The Morgan fingerprint density at radius 2 is 1.86 bits per heavy atom. The lowest BCUT2D eigenvalue weighted by Gasteiger charge is -2.16. The van der Waals surface area contributed by atoms with Crippen molar-refractivity contribution in [3.63, 3.8) is 0 Å². The topological polar surface area (TPSA) is 49.4 Å². The van der Waals surface area contributed by atoms with Crippen molar-refractivity contribution >= 4 is 27.7 Å². The highest BCUT2D eigenvalue weighted by Gasteiger charge is 2.22. The van der Waals surface area contributed by atoms with Crippen LogP contribution < -0.4 is 5.32 Å². The minimum absolute atomic E-state index is 0.0117. The molecule has 0 rings (SSSR count). The summed E-state index contributed by atoms with van der Waals surface area (Å²) in [5.41, 5.74) is 0. The van der Waals surface area contributed by atoms with E-state index in [1.807, 2.05) is 0 Å². The monoisotopic (exact) mass is 264 g/mol. The van der Waals surface area contributed by atoms with Gasteiger partial charge in [-0.1, -0.05) is 15.9 Å². The maximum Gasteiger partial charge on any atom is 0.236 e. The summed E-state index contributed by atoms with van der Waals surface area (Å²) in [5, 5.41) is 2.68. The molecule has 0 saturated carbocycles. The minimum atomic E-state index is -0.575. The van der Waals surface area contributed by atoms with E-state index in [-0.39, 0.29) is 11.8 Å². The van der Waals surface area contributed by atoms with Crippen LogP contribution >= 0.6 is 15.9 Å². The van der Waals surface area contributed by atoms with Crippen LogP contribution in [-0.4, -0.2) is 41.7 Å². The molecule has 82 valence electrons. The highest BCUT2D eigenvalue weighted by atomic mass is 79.9. The van der Waals surface area contributed by atoms with E-state index in [0.29, 0.717) is 13.0 Å². The van der Waals surface area contributed by atoms with Crippen molar-refractivity contribution in [1.29, 1.82) is 0 Å². The van der Waals surface area contributed by atoms with Gasteiger partial charge < -0.3 is 10.2 Å². The average Bonchev–Trinajstić information content (AvgIpc) is 2.01. The molecule has 1 N–H and O–H groups in total. The molecule has 0 aromatic rings. The molecule has 5 heteroatoms. The van der Waals surface area contributed by atoms with Gasteiger partial charge in [-0.3, -0.25) is 9.59 Å². The summed E-state index contributed by atoms with van der Waals surface area (Å²) < 4.78 is -0.575. The first kappa shape index (κ1) is 13.4. The van der Waals surface area contributed by atoms with E-state index in [9.17, 15) is 9.59 Å². The fourth-order valence-corrected chi connectivity index (χ4v) is 0.857. The molecule has 0 atom stereocenters. The van der Waals surface area contributed by atoms with Gasteiger partial charge in [-0.25, -0.2) is 0 Å². The number of halogens is 1. The van der Waals surface area contributed by atoms with Crippen LogP contribution in [0, 0.1) is 0 Å². The van der Waals surface area contributed by atoms with Gasteiger partial charge in [0.25, 0.3) is 0 Å². The van der Waals surface area contributed by atoms with Crippen LogP contribution in [0.2, 0.25) is 0 Å². The number of carbonyl (C=O) groups excluding carboxylic acids is 2. The van der Waals surface area contributed by atoms with E-state index in [2.05, 4.69) is 21.2 Å². The Kier molecular flexibility index (Phi) is 5.12. The van der Waals surface area contributed by atoms with E-state index in [4.69, 9.17) is 0 Å². The second-order valence-electron chi connectivity index (χ2n) is 3.77. The molecule has 0 spiro atoms. The third-order valence-electron chi connectivity index (χ3n) is 1.66. The Balaban J connectivity index is 3.76. The highest BCUT2D eigenvalue weighted by molar-refractivity contribution is 9.10. The lowest BCUT2D eigenvalue weighted by atomic mass is 10.2. The fraction of sp³-hybridized carbons (Fsp3) is 0.778. The molecule has 0 aliphatic heterocycles. The quantitative estimate of drug-likeness (QED) is 0.763. The molecule has 4 nitrogen and oxygen atoms in total. The van der Waals surface area contributed by atoms with Gasteiger partial charge >= 0.3 is 0 Å². The van der Waals surface area contributed by atoms with E-state index in [0.717, 1.165) is 0 Å². The van der Waals surface area contributed by atoms with Crippen LogP contribution in [0.1, 0.15) is 20.3 Å². The van der Waals surface area contributed by atoms with Crippen molar-refractivity contribution < 1.29 is 9.59 Å². The van der Waals surface area contributed by atoms with Gasteiger partial charge in [0.05, 0.1) is 4.32 Å². The predicted molar refractivity (Wildman–Crippen MR) is 59.3 cm³/mol. The van der Waals surface area contributed by atoms with Gasteiger partial charge in [0.1, 0.15) is 0 Å². The van der Waals surface area contributed by atoms with Crippen molar-refractivity contribution in [2.75, 3.05) is 20.6 Å². The molecular weight excluding hydrogens is 248 g/mol. The highest BCUT2D eigenvalue weighted by Crippen LogP contribution is 2.14. The standard InChI is InChI=1S/C9H17BrN2O2/c1-9(2,10)8(14)11-6-5-7(13)12(3)4/h5-6H2,1-4H3,(H,11,14). The Morgan fingerprint density at radius 3 is 2.21 bits per heavy atom. The number of nitrogens with one attached hydrogen (secondary N) is 1. The Morgan fingerprint density at radius 1 is 1.36 bits per heavy atom. The number of hydrogen-bond donors (Lipinski definition) is 1. The summed E-state index contributed by atoms with van der Waals surface area (Å²) in [6.07, 6.45) is 0.335. The fourth-order valence-electron chi connectivity index (χ4n) is 0.717. The van der Waals surface area contributed by atoms with E-state index < -0.39 is 4.32 Å². The van der Waals surface area contributed by atoms with Crippen LogP contribution in [0.5, 0.6) is 0 Å². The Labute approximate surface area is 93.2 Å². The minimum Gasteiger partial charge on any atom is -0.354 e. The molecular formula is C9H17BrN2O2. The summed E-state index contributed by atoms with van der Waals surface area (Å²) >= 11 is 3.23. The number of amides is 2. The van der Waals surface area contributed by atoms with Crippen LogP contribution in [0.3, 0.4) is 0 Å². The first-order valence-corrected chi connectivity index (χ1v) is 5.22. The first-order valence-electron chi connectivity index (χ1n) is 4.42. The zero-order valence-corrected chi connectivity index (χ0v) is 10.6. The molecule has 0 aliphatic rings. The molecule has 14 heavy (non-hydrogen) atoms. The zero-order valence-electron chi connectivity index (χ0n) is 9.06. The number of nitrogens with zero attached hydrogens (tertiary/aromatic N) is 1. The first-order chi connectivity index (χ1) is 6.25. The molecule has 0 radical (unpaired) electrons. The molecule has 0 heterocycles. The lowest BCUT2D eigenvalue weighted by molar-refractivity contribution is -0.128. The third-order valence-corrected chi connectivity index (χ3v) is 2.02. The molecule has 0 aromatic heterocycles. The maximum atomic E-state index is 11.3. The van der Waals surface area contributed by atoms with Crippen molar-refractivity contribution in [2.24, 2.45) is 0 Å². The smallest absolute Gasteiger partial charge is 0.236 e. The van der Waals surface area contributed by atoms with Gasteiger partial charge in [-0.15, -0.1) is 0 Å². The summed E-state index contributed by atoms with van der Waals surface area (Å²) in [7, 11) is 3.39. The van der Waals surface area contributed by atoms with Crippen LogP contribution in [0.25, 0.3) is 0 Å². The zero-order chi connectivity index (χ0) is 11.4. The van der Waals surface area contributed by atoms with E-state index in [1.54, 1.807) is 27.9 Å². The number of alkyl halides is 1. The normalized spacial score (nSPS) is 10.9. The summed E-state index contributed by atoms with van der Waals surface area (Å²) in [4.78, 5) is 24.0. The van der Waals surface area contributed by atoms with Crippen molar-refractivity contribution in [2.45, 2.75) is 24.6 Å². The van der Waals surface area contributed by atoms with Gasteiger partial charge in [-0.05, 0) is 13.8 Å². The van der Waals surface area contributed by atoms with Crippen LogP contribution in [0.4, 0.5) is 0 Å². The number of rotatable bonds is 4. The van der Waals surface area contributed by atoms with Gasteiger partial charge in [0, 0.05) is 27.1 Å². The van der Waals surface area contributed by atoms with Crippen molar-refractivity contribution in [1.82, 2.24) is 10.2 Å². The second kappa shape index (κ2) is 5.34. The Hall–Kier alpha value is -0.580. The summed E-state index contributed by atoms with van der Waals surface area (Å²) in [6, 6.07) is 0. The number of hydrogen-bond acceptors (Lipinski definition) is 2. The molecule has 0 fully saturated rings. The van der Waals surface area contributed by atoms with Crippen molar-refractivity contribution in [3.05, 3.63) is 0 Å². The molecule has 0 aromatic carbocycles. The summed E-state index contributed by atoms with van der Waals surface area (Å²) in [6.45, 7) is 3.90. The molecule has 0 saturated heterocycles. The molecule has 0 aliphatic carbocycles. The summed E-state index contributed by atoms with van der Waals surface area (Å²) in [5.74, 6) is -0.0956. The van der Waals surface area contributed by atoms with E-state index >= 15 is 0 Å². The lowest BCUT2D eigenvalue weighted by Crippen LogP contribution is -2.39. The Bertz CT molecular complexity index is 221. The molecule has 0 bridgehead atoms. The van der Waals surface area contributed by atoms with Crippen LogP contribution in [0.15, 0.2) is 0 Å². The largest absolute Gasteiger partial charge is 0.354 e. The predicted octanol–water partition coefficient (Wildman–Crippen LogP) is 0.754. The van der Waals surface area contributed by atoms with Gasteiger partial charge in [-0.2, -0.15) is 0 Å². The second-order valence-corrected chi connectivity index (χ2v) is 5.75. The van der Waals surface area contributed by atoms with Gasteiger partial charge in [0.2, 0.25) is 11.8 Å². The van der Waals surface area contributed by atoms with Crippen molar-refractivity contribution in [3.8, 4) is 0 Å². The molecule has 0 unspecified atom stereocenters. The SMILES string of the molecule is CN(C)C(=O)CCNC(=O)C(C)(C)Br. The van der Waals surface area contributed by atoms with Gasteiger partial charge in [0.15, 0.2) is 0 Å². The van der Waals surface area contributed by atoms with Crippen LogP contribution in [-0.2, 0) is 9.59 Å². The third kappa shape index (κ3) is 5.21. The maximum absolute atomic E-state index is 11.3. The molecule has 2 amide bonds. The number of carbonyl (C=O) groups is 2. The van der Waals surface area contributed by atoms with E-state index in [1.165, 1.54) is 4.90 Å². The average molecular weight is 265 g/mol.